The summed E-state index contributed by atoms with van der Waals surface area (Å²) in [6.45, 7) is 0.628. The van der Waals surface area contributed by atoms with Crippen LogP contribution in [-0.4, -0.2) is 17.4 Å². The molecule has 1 unspecified atom stereocenters. The molecule has 7 nitrogen and oxygen atoms in total. The Morgan fingerprint density at radius 1 is 1.21 bits per heavy atom. The van der Waals surface area contributed by atoms with Gasteiger partial charge in [-0.25, -0.2) is 0 Å². The van der Waals surface area contributed by atoms with Gasteiger partial charge in [0.15, 0.2) is 0 Å². The van der Waals surface area contributed by atoms with Crippen molar-refractivity contribution >= 4 is 35.4 Å². The van der Waals surface area contributed by atoms with Gasteiger partial charge in [-0.05, 0) is 61.1 Å². The number of nitrogen functional groups attached to an aromatic ring is 1. The van der Waals surface area contributed by atoms with E-state index in [-0.39, 0.29) is 30.0 Å². The van der Waals surface area contributed by atoms with Gasteiger partial charge >= 0.3 is 0 Å². The Balaban J connectivity index is 0.00000280. The highest BCUT2D eigenvalue weighted by Gasteiger charge is 2.21. The van der Waals surface area contributed by atoms with Crippen LogP contribution < -0.4 is 16.4 Å². The minimum atomic E-state index is -0.425. The van der Waals surface area contributed by atoms with Gasteiger partial charge in [0.1, 0.15) is 0 Å². The highest BCUT2D eigenvalue weighted by Crippen LogP contribution is 2.31. The van der Waals surface area contributed by atoms with Crippen molar-refractivity contribution in [2.75, 3.05) is 17.6 Å². The molecular weight excluding hydrogens is 380 g/mol. The summed E-state index contributed by atoms with van der Waals surface area (Å²) in [5, 5.41) is 16.9. The quantitative estimate of drug-likeness (QED) is 0.280. The molecule has 3 rings (SSSR count). The lowest BCUT2D eigenvalue weighted by molar-refractivity contribution is -0.384. The number of benzene rings is 2. The molecule has 1 atom stereocenters. The molecule has 0 spiro atoms. The first kappa shape index (κ1) is 21.5. The molecule has 1 aliphatic rings. The van der Waals surface area contributed by atoms with Crippen molar-refractivity contribution in [3.8, 4) is 0 Å². The molecule has 0 fully saturated rings. The summed E-state index contributed by atoms with van der Waals surface area (Å²) in [6, 6.07) is 12.2. The Hall–Kier alpha value is -2.80. The highest BCUT2D eigenvalue weighted by molar-refractivity contribution is 5.85. The molecule has 0 aromatic heterocycles. The van der Waals surface area contributed by atoms with Crippen LogP contribution in [0, 0.1) is 10.1 Å². The Morgan fingerprint density at radius 2 is 1.96 bits per heavy atom. The molecule has 4 N–H and O–H groups in total. The molecule has 8 heteroatoms. The molecule has 0 saturated carbocycles. The van der Waals surface area contributed by atoms with Gasteiger partial charge in [-0.3, -0.25) is 14.9 Å². The van der Waals surface area contributed by atoms with Crippen LogP contribution in [0.2, 0.25) is 0 Å². The Bertz CT molecular complexity index is 827. The van der Waals surface area contributed by atoms with E-state index in [0.29, 0.717) is 19.4 Å². The molecular formula is C20H25ClN4O3. The summed E-state index contributed by atoms with van der Waals surface area (Å²) >= 11 is 0. The van der Waals surface area contributed by atoms with Gasteiger partial charge in [-0.1, -0.05) is 6.07 Å². The summed E-state index contributed by atoms with van der Waals surface area (Å²) in [7, 11) is 0. The lowest BCUT2D eigenvalue weighted by atomic mass is 9.87. The smallest absolute Gasteiger partial charge is 0.269 e. The van der Waals surface area contributed by atoms with E-state index < -0.39 is 4.92 Å². The van der Waals surface area contributed by atoms with Gasteiger partial charge in [0.25, 0.3) is 5.69 Å². The minimum Gasteiger partial charge on any atom is -0.399 e. The maximum Gasteiger partial charge on any atom is 0.269 e. The lowest BCUT2D eigenvalue weighted by Gasteiger charge is -2.26. The van der Waals surface area contributed by atoms with Crippen LogP contribution in [0.4, 0.5) is 17.1 Å². The summed E-state index contributed by atoms with van der Waals surface area (Å²) < 4.78 is 0. The largest absolute Gasteiger partial charge is 0.399 e. The third kappa shape index (κ3) is 5.60. The number of halogens is 1. The van der Waals surface area contributed by atoms with Gasteiger partial charge in [0.05, 0.1) is 11.0 Å². The van der Waals surface area contributed by atoms with Crippen molar-refractivity contribution < 1.29 is 9.72 Å². The van der Waals surface area contributed by atoms with E-state index in [1.54, 1.807) is 12.1 Å². The normalized spacial score (nSPS) is 15.1. The molecule has 0 heterocycles. The number of nitrogens with two attached hydrogens (primary N) is 1. The second kappa shape index (κ2) is 9.94. The maximum absolute atomic E-state index is 12.3. The number of hydrogen-bond acceptors (Lipinski definition) is 5. The predicted octanol–water partition coefficient (Wildman–Crippen LogP) is 3.98. The first-order valence-electron chi connectivity index (χ1n) is 9.19. The number of non-ortho nitro benzene ring substituents is 1. The Kier molecular flexibility index (Phi) is 7.63. The van der Waals surface area contributed by atoms with Gasteiger partial charge in [-0.2, -0.15) is 0 Å². The molecule has 1 aliphatic carbocycles. The number of anilines is 2. The lowest BCUT2D eigenvalue weighted by Crippen LogP contribution is -2.31. The molecule has 0 saturated heterocycles. The van der Waals surface area contributed by atoms with Crippen molar-refractivity contribution in [2.45, 2.75) is 38.1 Å². The van der Waals surface area contributed by atoms with Crippen molar-refractivity contribution in [1.29, 1.82) is 0 Å². The number of carbonyl (C=O) groups excluding carboxylic acids is 1. The van der Waals surface area contributed by atoms with Gasteiger partial charge in [0, 0.05) is 36.5 Å². The van der Waals surface area contributed by atoms with E-state index in [4.69, 9.17) is 5.73 Å². The van der Waals surface area contributed by atoms with Gasteiger partial charge in [0.2, 0.25) is 5.91 Å². The zero-order chi connectivity index (χ0) is 19.2. The van der Waals surface area contributed by atoms with E-state index in [9.17, 15) is 14.9 Å². The van der Waals surface area contributed by atoms with Crippen LogP contribution >= 0.6 is 12.4 Å². The second-order valence-electron chi connectivity index (χ2n) is 6.80. The molecule has 0 radical (unpaired) electrons. The van der Waals surface area contributed by atoms with Crippen LogP contribution in [0.1, 0.15) is 42.9 Å². The zero-order valence-electron chi connectivity index (χ0n) is 15.5. The second-order valence-corrected chi connectivity index (χ2v) is 6.80. The third-order valence-corrected chi connectivity index (χ3v) is 4.80. The number of nitrogens with zero attached hydrogens (tertiary/aromatic N) is 1. The van der Waals surface area contributed by atoms with Crippen molar-refractivity contribution in [2.24, 2.45) is 0 Å². The van der Waals surface area contributed by atoms with Crippen LogP contribution in [0.5, 0.6) is 0 Å². The molecule has 2 aromatic rings. The molecule has 150 valence electrons. The number of rotatable bonds is 7. The highest BCUT2D eigenvalue weighted by atomic mass is 35.5. The fourth-order valence-electron chi connectivity index (χ4n) is 3.43. The average molecular weight is 405 g/mol. The summed E-state index contributed by atoms with van der Waals surface area (Å²) in [5.41, 5.74) is 9.89. The fraction of sp³-hybridized carbons (Fsp3) is 0.350. The number of hydrogen-bond donors (Lipinski definition) is 3. The fourth-order valence-corrected chi connectivity index (χ4v) is 3.43. The van der Waals surface area contributed by atoms with E-state index >= 15 is 0 Å². The summed E-state index contributed by atoms with van der Waals surface area (Å²) in [4.78, 5) is 22.5. The van der Waals surface area contributed by atoms with E-state index in [1.807, 2.05) is 18.2 Å². The summed E-state index contributed by atoms with van der Waals surface area (Å²) in [6.07, 6.45) is 4.11. The third-order valence-electron chi connectivity index (χ3n) is 4.80. The monoisotopic (exact) mass is 404 g/mol. The van der Waals surface area contributed by atoms with E-state index in [1.165, 1.54) is 23.3 Å². The molecule has 1 amide bonds. The Labute approximate surface area is 170 Å². The average Bonchev–Trinajstić information content (AvgIpc) is 2.65. The zero-order valence-corrected chi connectivity index (χ0v) is 16.3. The standard InChI is InChI=1S/C20H24N4O3.ClH/c21-15-6-11-18-14(13-15)3-1-4-19(18)23-20(25)5-2-12-22-16-7-9-17(10-8-16)24(26)27;/h6-11,13,19,22H,1-5,12,21H2,(H,23,25);1H. The Morgan fingerprint density at radius 3 is 2.68 bits per heavy atom. The summed E-state index contributed by atoms with van der Waals surface area (Å²) in [5.74, 6) is 0.0372. The molecule has 2 aromatic carbocycles. The van der Waals surface area contributed by atoms with Gasteiger partial charge < -0.3 is 16.4 Å². The van der Waals surface area contributed by atoms with Crippen molar-refractivity contribution in [3.63, 3.8) is 0 Å². The van der Waals surface area contributed by atoms with Crippen LogP contribution in [0.25, 0.3) is 0 Å². The van der Waals surface area contributed by atoms with Gasteiger partial charge in [-0.15, -0.1) is 12.4 Å². The number of aryl methyl sites for hydroxylation is 1. The van der Waals surface area contributed by atoms with Crippen molar-refractivity contribution in [3.05, 3.63) is 63.7 Å². The number of nitro benzene ring substituents is 1. The number of amides is 1. The van der Waals surface area contributed by atoms with Crippen LogP contribution in [-0.2, 0) is 11.2 Å². The maximum atomic E-state index is 12.3. The molecule has 28 heavy (non-hydrogen) atoms. The molecule has 0 bridgehead atoms. The topological polar surface area (TPSA) is 110 Å². The predicted molar refractivity (Wildman–Crippen MR) is 113 cm³/mol. The first-order valence-corrected chi connectivity index (χ1v) is 9.19. The first-order chi connectivity index (χ1) is 13.0. The molecule has 0 aliphatic heterocycles. The van der Waals surface area contributed by atoms with E-state index in [2.05, 4.69) is 10.6 Å². The number of carbonyl (C=O) groups is 1. The number of nitro groups is 1. The number of fused-ring (bicyclic) bond motifs is 1. The van der Waals surface area contributed by atoms with Crippen molar-refractivity contribution in [1.82, 2.24) is 5.32 Å². The SMILES string of the molecule is Cl.Nc1ccc2c(c1)CCCC2NC(=O)CCCNc1ccc([N+](=O)[O-])cc1. The minimum absolute atomic E-state index is 0. The van der Waals surface area contributed by atoms with Crippen LogP contribution in [0.3, 0.4) is 0 Å². The van der Waals surface area contributed by atoms with Crippen LogP contribution in [0.15, 0.2) is 42.5 Å². The van der Waals surface area contributed by atoms with E-state index in [0.717, 1.165) is 30.6 Å². The number of nitrogens with one attached hydrogen (secondary N) is 2.